The van der Waals surface area contributed by atoms with E-state index in [9.17, 15) is 22.8 Å². The quantitative estimate of drug-likeness (QED) is 0.494. The van der Waals surface area contributed by atoms with E-state index in [4.69, 9.17) is 14.7 Å². The van der Waals surface area contributed by atoms with Gasteiger partial charge in [0.1, 0.15) is 11.7 Å². The van der Waals surface area contributed by atoms with Crippen molar-refractivity contribution in [2.75, 3.05) is 6.26 Å². The van der Waals surface area contributed by atoms with Crippen LogP contribution in [0.3, 0.4) is 0 Å². The summed E-state index contributed by atoms with van der Waals surface area (Å²) in [5.41, 5.74) is 4.53. The van der Waals surface area contributed by atoms with Gasteiger partial charge in [-0.25, -0.2) is 9.69 Å². The first-order valence-electron chi connectivity index (χ1n) is 7.60. The summed E-state index contributed by atoms with van der Waals surface area (Å²) in [6.07, 6.45) is -1.12. The molecule has 25 heavy (non-hydrogen) atoms. The minimum absolute atomic E-state index is 0.109. The predicted molar refractivity (Wildman–Crippen MR) is 90.1 cm³/mol. The molecule has 3 rings (SSSR count). The van der Waals surface area contributed by atoms with Gasteiger partial charge in [0.25, 0.3) is 10.1 Å². The van der Waals surface area contributed by atoms with Crippen molar-refractivity contribution in [2.45, 2.75) is 49.8 Å². The highest BCUT2D eigenvalue weighted by Gasteiger charge is 2.61. The van der Waals surface area contributed by atoms with Gasteiger partial charge >= 0.3 is 6.09 Å². The lowest BCUT2D eigenvalue weighted by atomic mass is 9.70. The fourth-order valence-electron chi connectivity index (χ4n) is 3.20. The van der Waals surface area contributed by atoms with E-state index >= 15 is 0 Å². The maximum Gasteiger partial charge on any atom is 0.417 e. The molecular weight excluding hydrogens is 420 g/mol. The van der Waals surface area contributed by atoms with Crippen LogP contribution in [0.15, 0.2) is 0 Å². The van der Waals surface area contributed by atoms with Gasteiger partial charge in [-0.05, 0) is 27.2 Å². The number of ether oxygens (including phenoxy) is 1. The summed E-state index contributed by atoms with van der Waals surface area (Å²) in [7, 11) is -3.90. The second-order valence-corrected chi connectivity index (χ2v) is 9.90. The molecule has 0 aromatic heterocycles. The normalized spacial score (nSPS) is 32.6. The molecule has 0 aromatic rings. The SMILES string of the molecule is CC(C)(C)OC(=O)N1C(=O)[C@H]2C[C@H](C(N)=O)[C@@H]1[C@H](OS(C)(=O)=O)[C@H]2Br. The molecule has 2 bridgehead atoms. The lowest BCUT2D eigenvalue weighted by Crippen LogP contribution is -2.71. The minimum Gasteiger partial charge on any atom is -0.443 e. The zero-order chi connectivity index (χ0) is 19.3. The molecule has 0 aromatic carbocycles. The van der Waals surface area contributed by atoms with E-state index in [0.29, 0.717) is 0 Å². The van der Waals surface area contributed by atoms with E-state index in [1.807, 2.05) is 0 Å². The summed E-state index contributed by atoms with van der Waals surface area (Å²) in [4.78, 5) is 37.1. The van der Waals surface area contributed by atoms with Gasteiger partial charge in [-0.3, -0.25) is 13.8 Å². The van der Waals surface area contributed by atoms with Gasteiger partial charge in [0.2, 0.25) is 11.8 Å². The Morgan fingerprint density at radius 3 is 2.32 bits per heavy atom. The molecule has 1 aliphatic carbocycles. The predicted octanol–water partition coefficient (Wildman–Crippen LogP) is 0.362. The Morgan fingerprint density at radius 1 is 1.32 bits per heavy atom. The van der Waals surface area contributed by atoms with E-state index in [2.05, 4.69) is 15.9 Å². The van der Waals surface area contributed by atoms with Crippen molar-refractivity contribution in [2.24, 2.45) is 17.6 Å². The summed E-state index contributed by atoms with van der Waals surface area (Å²) in [6, 6.07) is -1.16. The zero-order valence-corrected chi connectivity index (χ0v) is 16.7. The van der Waals surface area contributed by atoms with Crippen LogP contribution in [-0.4, -0.2) is 60.1 Å². The molecule has 3 aliphatic rings. The number of rotatable bonds is 3. The van der Waals surface area contributed by atoms with E-state index in [-0.39, 0.29) is 6.42 Å². The van der Waals surface area contributed by atoms with Crippen molar-refractivity contribution >= 4 is 44.0 Å². The van der Waals surface area contributed by atoms with E-state index in [1.165, 1.54) is 0 Å². The topological polar surface area (TPSA) is 133 Å². The summed E-state index contributed by atoms with van der Waals surface area (Å²) in [6.45, 7) is 4.88. The highest BCUT2D eigenvalue weighted by molar-refractivity contribution is 9.09. The van der Waals surface area contributed by atoms with Crippen LogP contribution in [0.1, 0.15) is 27.2 Å². The van der Waals surface area contributed by atoms with Crippen molar-refractivity contribution < 1.29 is 31.7 Å². The third-order valence-corrected chi connectivity index (χ3v) is 5.78. The number of hydrogen-bond donors (Lipinski definition) is 1. The number of alkyl halides is 1. The van der Waals surface area contributed by atoms with Crippen LogP contribution in [0.2, 0.25) is 0 Å². The number of imide groups is 1. The fraction of sp³-hybridized carbons (Fsp3) is 0.786. The van der Waals surface area contributed by atoms with Gasteiger partial charge in [-0.1, -0.05) is 15.9 Å². The monoisotopic (exact) mass is 440 g/mol. The number of nitrogens with two attached hydrogens (primary N) is 1. The summed E-state index contributed by atoms with van der Waals surface area (Å²) in [5, 5.41) is 0. The number of amides is 3. The highest BCUT2D eigenvalue weighted by Crippen LogP contribution is 2.45. The highest BCUT2D eigenvalue weighted by atomic mass is 79.9. The number of nitrogens with zero attached hydrogens (tertiary/aromatic N) is 1. The van der Waals surface area contributed by atoms with Gasteiger partial charge in [0, 0.05) is 0 Å². The molecule has 3 amide bonds. The van der Waals surface area contributed by atoms with Gasteiger partial charge in [0.15, 0.2) is 0 Å². The van der Waals surface area contributed by atoms with Crippen LogP contribution < -0.4 is 5.73 Å². The Kier molecular flexibility index (Phi) is 5.24. The van der Waals surface area contributed by atoms with E-state index < -0.39 is 62.4 Å². The standard InChI is InChI=1S/C14H21BrN2O7S/c1-14(2,3)23-13(20)17-9-7(11(16)18)5-6(12(17)19)8(15)10(9)24-25(4,21)22/h6-10H,5H2,1-4H3,(H2,16,18)/t6-,7-,8-,9+,10+/m0/s1. The number of carbonyl (C=O) groups excluding carboxylic acids is 3. The van der Waals surface area contributed by atoms with E-state index in [0.717, 1.165) is 11.2 Å². The van der Waals surface area contributed by atoms with Crippen LogP contribution in [0, 0.1) is 11.8 Å². The van der Waals surface area contributed by atoms with Gasteiger partial charge < -0.3 is 10.5 Å². The second kappa shape index (κ2) is 6.51. The molecule has 9 nitrogen and oxygen atoms in total. The average molecular weight is 441 g/mol. The number of carbonyl (C=O) groups is 3. The third kappa shape index (κ3) is 4.14. The Morgan fingerprint density at radius 2 is 1.88 bits per heavy atom. The van der Waals surface area contributed by atoms with Crippen LogP contribution in [-0.2, 0) is 28.6 Å². The van der Waals surface area contributed by atoms with Crippen LogP contribution >= 0.6 is 15.9 Å². The second-order valence-electron chi connectivity index (χ2n) is 7.24. The largest absolute Gasteiger partial charge is 0.443 e. The van der Waals surface area contributed by atoms with Gasteiger partial charge in [-0.15, -0.1) is 0 Å². The Balaban J connectivity index is 2.46. The number of hydrogen-bond acceptors (Lipinski definition) is 7. The first-order valence-corrected chi connectivity index (χ1v) is 10.3. The summed E-state index contributed by atoms with van der Waals surface area (Å²) < 4.78 is 33.5. The lowest BCUT2D eigenvalue weighted by Gasteiger charge is -2.52. The minimum atomic E-state index is -3.90. The average Bonchev–Trinajstić information content (AvgIpc) is 2.38. The molecule has 2 aliphatic heterocycles. The smallest absolute Gasteiger partial charge is 0.417 e. The number of halogens is 1. The number of primary amides is 1. The molecule has 2 heterocycles. The zero-order valence-electron chi connectivity index (χ0n) is 14.3. The van der Waals surface area contributed by atoms with Gasteiger partial charge in [0.05, 0.1) is 29.0 Å². The number of fused-ring (bicyclic) bond motifs is 3. The molecule has 0 spiro atoms. The molecule has 2 saturated heterocycles. The molecule has 3 fully saturated rings. The first-order chi connectivity index (χ1) is 11.2. The summed E-state index contributed by atoms with van der Waals surface area (Å²) >= 11 is 3.28. The molecule has 0 unspecified atom stereocenters. The molecular formula is C14H21BrN2O7S. The molecule has 11 heteroatoms. The molecule has 142 valence electrons. The van der Waals surface area contributed by atoms with Crippen molar-refractivity contribution in [3.8, 4) is 0 Å². The summed E-state index contributed by atoms with van der Waals surface area (Å²) in [5.74, 6) is -3.04. The molecule has 1 saturated carbocycles. The number of piperidine rings is 2. The Hall–Kier alpha value is -1.20. The van der Waals surface area contributed by atoms with Gasteiger partial charge in [-0.2, -0.15) is 8.42 Å². The van der Waals surface area contributed by atoms with Crippen molar-refractivity contribution in [3.05, 3.63) is 0 Å². The Bertz CT molecular complexity index is 702. The Labute approximate surface area is 154 Å². The lowest BCUT2D eigenvalue weighted by molar-refractivity contribution is -0.159. The van der Waals surface area contributed by atoms with E-state index in [1.54, 1.807) is 20.8 Å². The van der Waals surface area contributed by atoms with Crippen LogP contribution in [0.4, 0.5) is 4.79 Å². The molecule has 0 radical (unpaired) electrons. The third-order valence-electron chi connectivity index (χ3n) is 4.05. The molecule has 2 N–H and O–H groups in total. The molecule has 5 atom stereocenters. The van der Waals surface area contributed by atoms with Crippen molar-refractivity contribution in [1.82, 2.24) is 4.90 Å². The van der Waals surface area contributed by atoms with Crippen LogP contribution in [0.25, 0.3) is 0 Å². The fourth-order valence-corrected chi connectivity index (χ4v) is 4.84. The maximum absolute atomic E-state index is 12.6. The maximum atomic E-state index is 12.6. The van der Waals surface area contributed by atoms with Crippen molar-refractivity contribution in [3.63, 3.8) is 0 Å². The van der Waals surface area contributed by atoms with Crippen molar-refractivity contribution in [1.29, 1.82) is 0 Å². The van der Waals surface area contributed by atoms with Crippen LogP contribution in [0.5, 0.6) is 0 Å². The first kappa shape index (κ1) is 20.1.